The Hall–Kier alpha value is -2.44. The number of amides is 4. The van der Waals surface area contributed by atoms with Crippen molar-refractivity contribution < 1.29 is 19.0 Å². The normalized spacial score (nSPS) is 10.2. The molecule has 4 N–H and O–H groups in total. The van der Waals surface area contributed by atoms with Crippen molar-refractivity contribution in [1.29, 1.82) is 0 Å². The van der Waals surface area contributed by atoms with Crippen molar-refractivity contribution in [3.8, 4) is 0 Å². The lowest BCUT2D eigenvalue weighted by atomic mass is 10.2. The minimum Gasteiger partial charge on any atom is -0.365 e. The Bertz CT molecular complexity index is 514. The first-order valence-corrected chi connectivity index (χ1v) is 6.25. The van der Waals surface area contributed by atoms with Crippen LogP contribution in [0.15, 0.2) is 24.5 Å². The number of carbonyl (C=O) groups is 3. The molecule has 0 bridgehead atoms. The van der Waals surface area contributed by atoms with Gasteiger partial charge in [-0.15, -0.1) is 0 Å². The van der Waals surface area contributed by atoms with Gasteiger partial charge in [-0.25, -0.2) is 4.79 Å². The quantitative estimate of drug-likeness (QED) is 0.636. The van der Waals surface area contributed by atoms with E-state index in [0.717, 1.165) is 0 Å². The largest absolute Gasteiger partial charge is 0.365 e. The molecule has 4 amide bonds. The lowest BCUT2D eigenvalue weighted by molar-refractivity contribution is -0.684. The van der Waals surface area contributed by atoms with Gasteiger partial charge in [-0.2, -0.15) is 4.57 Å². The Morgan fingerprint density at radius 2 is 2.05 bits per heavy atom. The lowest BCUT2D eigenvalue weighted by Crippen LogP contribution is -2.48. The Kier molecular flexibility index (Phi) is 5.64. The summed E-state index contributed by atoms with van der Waals surface area (Å²) in [4.78, 5) is 34.0. The fourth-order valence-electron chi connectivity index (χ4n) is 1.44. The SMILES string of the molecule is CC(C)CNC(=O)NC(=O)C[n+]1cccc(C(N)=O)c1. The Morgan fingerprint density at radius 3 is 2.65 bits per heavy atom. The summed E-state index contributed by atoms with van der Waals surface area (Å²) < 4.78 is 1.48. The van der Waals surface area contributed by atoms with Crippen molar-refractivity contribution in [2.75, 3.05) is 6.54 Å². The van der Waals surface area contributed by atoms with Crippen molar-refractivity contribution in [2.24, 2.45) is 11.7 Å². The number of primary amides is 1. The standard InChI is InChI=1S/C13H18N4O3/c1-9(2)6-15-13(20)16-11(18)8-17-5-3-4-10(7-17)12(14)19/h3-5,7,9H,6,8H2,1-2H3,(H3-,14,15,16,18,19,20)/p+1. The van der Waals surface area contributed by atoms with E-state index in [-0.39, 0.29) is 6.54 Å². The van der Waals surface area contributed by atoms with Gasteiger partial charge in [0.15, 0.2) is 12.4 Å². The van der Waals surface area contributed by atoms with Crippen LogP contribution in [-0.2, 0) is 11.3 Å². The highest BCUT2D eigenvalue weighted by atomic mass is 16.2. The molecule has 108 valence electrons. The van der Waals surface area contributed by atoms with Crippen LogP contribution in [-0.4, -0.2) is 24.4 Å². The molecule has 1 aromatic rings. The molecule has 1 heterocycles. The molecular weight excluding hydrogens is 260 g/mol. The zero-order valence-electron chi connectivity index (χ0n) is 11.6. The van der Waals surface area contributed by atoms with Gasteiger partial charge in [0.1, 0.15) is 5.56 Å². The average Bonchev–Trinajstić information content (AvgIpc) is 2.36. The second kappa shape index (κ2) is 7.22. The van der Waals surface area contributed by atoms with Gasteiger partial charge in [-0.05, 0) is 12.0 Å². The molecule has 0 aliphatic heterocycles. The van der Waals surface area contributed by atoms with Gasteiger partial charge in [0, 0.05) is 12.6 Å². The smallest absolute Gasteiger partial charge is 0.321 e. The van der Waals surface area contributed by atoms with E-state index < -0.39 is 17.8 Å². The second-order valence-electron chi connectivity index (χ2n) is 4.78. The van der Waals surface area contributed by atoms with Gasteiger partial charge >= 0.3 is 6.03 Å². The topological polar surface area (TPSA) is 105 Å². The Labute approximate surface area is 117 Å². The van der Waals surface area contributed by atoms with Gasteiger partial charge in [-0.1, -0.05) is 13.8 Å². The van der Waals surface area contributed by atoms with E-state index in [1.54, 1.807) is 18.3 Å². The van der Waals surface area contributed by atoms with Gasteiger partial charge in [-0.3, -0.25) is 14.9 Å². The minimum atomic E-state index is -0.575. The third-order valence-electron chi connectivity index (χ3n) is 2.39. The van der Waals surface area contributed by atoms with E-state index in [9.17, 15) is 14.4 Å². The lowest BCUT2D eigenvalue weighted by Gasteiger charge is -2.07. The number of imide groups is 1. The number of carbonyl (C=O) groups excluding carboxylic acids is 3. The molecule has 0 aliphatic rings. The monoisotopic (exact) mass is 279 g/mol. The fraction of sp³-hybridized carbons (Fsp3) is 0.385. The van der Waals surface area contributed by atoms with Gasteiger partial charge in [0.05, 0.1) is 0 Å². The number of nitrogens with zero attached hydrogens (tertiary/aromatic N) is 1. The highest BCUT2D eigenvalue weighted by Crippen LogP contribution is 1.91. The highest BCUT2D eigenvalue weighted by molar-refractivity contribution is 5.93. The van der Waals surface area contributed by atoms with Gasteiger partial charge in [0.2, 0.25) is 6.54 Å². The number of hydrogen-bond acceptors (Lipinski definition) is 3. The maximum Gasteiger partial charge on any atom is 0.321 e. The molecule has 0 saturated heterocycles. The molecule has 0 radical (unpaired) electrons. The average molecular weight is 279 g/mol. The summed E-state index contributed by atoms with van der Waals surface area (Å²) in [6.45, 7) is 4.32. The van der Waals surface area contributed by atoms with Gasteiger partial charge in [0.25, 0.3) is 11.8 Å². The third kappa shape index (κ3) is 5.47. The predicted molar refractivity (Wildman–Crippen MR) is 71.5 cm³/mol. The molecular formula is C13H19N4O3+. The minimum absolute atomic E-state index is 0.0732. The van der Waals surface area contributed by atoms with E-state index in [0.29, 0.717) is 18.0 Å². The third-order valence-corrected chi connectivity index (χ3v) is 2.39. The predicted octanol–water partition coefficient (Wildman–Crippen LogP) is -0.445. The van der Waals surface area contributed by atoms with Crippen molar-refractivity contribution in [3.05, 3.63) is 30.1 Å². The van der Waals surface area contributed by atoms with Crippen LogP contribution in [0.1, 0.15) is 24.2 Å². The fourth-order valence-corrected chi connectivity index (χ4v) is 1.44. The molecule has 0 spiro atoms. The molecule has 0 fully saturated rings. The summed E-state index contributed by atoms with van der Waals surface area (Å²) in [7, 11) is 0. The molecule has 7 nitrogen and oxygen atoms in total. The molecule has 1 aromatic heterocycles. The number of nitrogens with one attached hydrogen (secondary N) is 2. The number of urea groups is 1. The maximum absolute atomic E-state index is 11.6. The second-order valence-corrected chi connectivity index (χ2v) is 4.78. The summed E-state index contributed by atoms with van der Waals surface area (Å²) >= 11 is 0. The van der Waals surface area contributed by atoms with Crippen molar-refractivity contribution in [2.45, 2.75) is 20.4 Å². The van der Waals surface area contributed by atoms with Crippen LogP contribution in [0.25, 0.3) is 0 Å². The van der Waals surface area contributed by atoms with Crippen molar-refractivity contribution >= 4 is 17.8 Å². The van der Waals surface area contributed by atoms with Crippen LogP contribution in [0, 0.1) is 5.92 Å². The van der Waals surface area contributed by atoms with E-state index >= 15 is 0 Å². The van der Waals surface area contributed by atoms with Crippen LogP contribution in [0.3, 0.4) is 0 Å². The molecule has 0 aliphatic carbocycles. The van der Waals surface area contributed by atoms with Crippen molar-refractivity contribution in [1.82, 2.24) is 10.6 Å². The molecule has 0 aromatic carbocycles. The Balaban J connectivity index is 2.52. The number of rotatable bonds is 5. The highest BCUT2D eigenvalue weighted by Gasteiger charge is 2.14. The molecule has 0 saturated carbocycles. The summed E-state index contributed by atoms with van der Waals surface area (Å²) in [5.74, 6) is -0.746. The van der Waals surface area contributed by atoms with Crippen LogP contribution in [0.4, 0.5) is 4.79 Å². The zero-order valence-corrected chi connectivity index (χ0v) is 11.6. The first-order chi connectivity index (χ1) is 9.38. The summed E-state index contributed by atoms with van der Waals surface area (Å²) in [6.07, 6.45) is 3.06. The van der Waals surface area contributed by atoms with Gasteiger partial charge < -0.3 is 11.1 Å². The van der Waals surface area contributed by atoms with E-state index in [1.807, 2.05) is 13.8 Å². The number of aromatic nitrogens is 1. The Morgan fingerprint density at radius 1 is 1.35 bits per heavy atom. The summed E-state index contributed by atoms with van der Waals surface area (Å²) in [5.41, 5.74) is 5.44. The summed E-state index contributed by atoms with van der Waals surface area (Å²) in [5, 5.41) is 4.78. The molecule has 0 unspecified atom stereocenters. The number of hydrogen-bond donors (Lipinski definition) is 3. The maximum atomic E-state index is 11.6. The van der Waals surface area contributed by atoms with E-state index in [1.165, 1.54) is 10.8 Å². The zero-order chi connectivity index (χ0) is 15.1. The first-order valence-electron chi connectivity index (χ1n) is 6.25. The first kappa shape index (κ1) is 15.6. The number of nitrogens with two attached hydrogens (primary N) is 1. The van der Waals surface area contributed by atoms with E-state index in [4.69, 9.17) is 5.73 Å². The van der Waals surface area contributed by atoms with Crippen LogP contribution in [0.2, 0.25) is 0 Å². The van der Waals surface area contributed by atoms with Crippen LogP contribution < -0.4 is 20.9 Å². The molecule has 1 rings (SSSR count). The number of pyridine rings is 1. The van der Waals surface area contributed by atoms with Crippen LogP contribution in [0.5, 0.6) is 0 Å². The molecule has 0 atom stereocenters. The summed E-state index contributed by atoms with van der Waals surface area (Å²) in [6, 6.07) is 2.62. The molecule has 7 heteroatoms. The molecule has 20 heavy (non-hydrogen) atoms. The van der Waals surface area contributed by atoms with E-state index in [2.05, 4.69) is 10.6 Å². The van der Waals surface area contributed by atoms with Crippen molar-refractivity contribution in [3.63, 3.8) is 0 Å². The van der Waals surface area contributed by atoms with Crippen LogP contribution >= 0.6 is 0 Å².